The van der Waals surface area contributed by atoms with Crippen LogP contribution < -0.4 is 19.5 Å². The highest BCUT2D eigenvalue weighted by atomic mass is 16.7. The predicted molar refractivity (Wildman–Crippen MR) is 82.7 cm³/mol. The molecule has 0 saturated carbocycles. The average Bonchev–Trinajstić information content (AvgIpc) is 2.90. The van der Waals surface area contributed by atoms with Crippen molar-refractivity contribution < 1.29 is 14.2 Å². The van der Waals surface area contributed by atoms with E-state index in [2.05, 4.69) is 25.1 Å². The van der Waals surface area contributed by atoms with Crippen LogP contribution in [-0.2, 0) is 6.54 Å². The van der Waals surface area contributed by atoms with Crippen LogP contribution in [-0.4, -0.2) is 19.9 Å². The summed E-state index contributed by atoms with van der Waals surface area (Å²) in [5.41, 5.74) is 1.08. The quantitative estimate of drug-likeness (QED) is 0.590. The fourth-order valence-electron chi connectivity index (χ4n) is 2.09. The highest BCUT2D eigenvalue weighted by Crippen LogP contribution is 2.38. The minimum Gasteiger partial charge on any atom is -0.493 e. The summed E-state index contributed by atoms with van der Waals surface area (Å²) in [5.74, 6) is 5.60. The maximum atomic E-state index is 5.85. The molecule has 1 aliphatic heterocycles. The van der Waals surface area contributed by atoms with E-state index in [0.29, 0.717) is 12.5 Å². The van der Waals surface area contributed by atoms with Gasteiger partial charge in [-0.05, 0) is 24.9 Å². The van der Waals surface area contributed by atoms with Crippen LogP contribution in [0, 0.1) is 18.3 Å². The van der Waals surface area contributed by atoms with Gasteiger partial charge in [-0.1, -0.05) is 13.8 Å². The molecule has 1 N–H and O–H groups in total. The van der Waals surface area contributed by atoms with Crippen molar-refractivity contribution in [2.75, 3.05) is 19.9 Å². The molecule has 4 nitrogen and oxygen atoms in total. The van der Waals surface area contributed by atoms with Gasteiger partial charge in [0.2, 0.25) is 6.79 Å². The molecule has 2 rings (SSSR count). The minimum absolute atomic E-state index is 0.273. The SMILES string of the molecule is C#CCCCOc1cc2c(cc1CNCC(C)C)OCO2. The fraction of sp³-hybridized carbons (Fsp3) is 0.529. The first-order valence-electron chi connectivity index (χ1n) is 7.40. The second-order valence-corrected chi connectivity index (χ2v) is 5.49. The summed E-state index contributed by atoms with van der Waals surface area (Å²) in [7, 11) is 0. The van der Waals surface area contributed by atoms with Gasteiger partial charge in [-0.2, -0.15) is 0 Å². The molecule has 114 valence electrons. The van der Waals surface area contributed by atoms with E-state index in [1.54, 1.807) is 0 Å². The van der Waals surface area contributed by atoms with E-state index >= 15 is 0 Å². The van der Waals surface area contributed by atoms with Gasteiger partial charge < -0.3 is 19.5 Å². The van der Waals surface area contributed by atoms with Gasteiger partial charge >= 0.3 is 0 Å². The van der Waals surface area contributed by atoms with Gasteiger partial charge in [0.15, 0.2) is 11.5 Å². The standard InChI is InChI=1S/C17H23NO3/c1-4-5-6-7-19-15-9-17-16(20-12-21-17)8-14(15)11-18-10-13(2)3/h1,8-9,13,18H,5-7,10-12H2,2-3H3. The van der Waals surface area contributed by atoms with Crippen molar-refractivity contribution in [2.24, 2.45) is 5.92 Å². The molecule has 1 aromatic rings. The van der Waals surface area contributed by atoms with Crippen LogP contribution in [0.3, 0.4) is 0 Å². The molecule has 1 aromatic carbocycles. The molecule has 0 fully saturated rings. The minimum atomic E-state index is 0.273. The van der Waals surface area contributed by atoms with Crippen molar-refractivity contribution >= 4 is 0 Å². The smallest absolute Gasteiger partial charge is 0.231 e. The number of ether oxygens (including phenoxy) is 3. The third-order valence-corrected chi connectivity index (χ3v) is 3.15. The Hall–Kier alpha value is -1.86. The average molecular weight is 289 g/mol. The van der Waals surface area contributed by atoms with Crippen LogP contribution in [0.15, 0.2) is 12.1 Å². The lowest BCUT2D eigenvalue weighted by molar-refractivity contribution is 0.173. The Kier molecular flexibility index (Phi) is 5.77. The molecule has 0 aliphatic carbocycles. The van der Waals surface area contributed by atoms with Crippen LogP contribution in [0.5, 0.6) is 17.2 Å². The summed E-state index contributed by atoms with van der Waals surface area (Å²) < 4.78 is 16.7. The van der Waals surface area contributed by atoms with Gasteiger partial charge in [-0.3, -0.25) is 0 Å². The van der Waals surface area contributed by atoms with Gasteiger partial charge in [-0.25, -0.2) is 0 Å². The Morgan fingerprint density at radius 3 is 2.81 bits per heavy atom. The molecule has 0 saturated heterocycles. The van der Waals surface area contributed by atoms with E-state index in [1.807, 2.05) is 12.1 Å². The van der Waals surface area contributed by atoms with Gasteiger partial charge in [0.25, 0.3) is 0 Å². The second-order valence-electron chi connectivity index (χ2n) is 5.49. The van der Waals surface area contributed by atoms with E-state index in [0.717, 1.165) is 48.7 Å². The van der Waals surface area contributed by atoms with Gasteiger partial charge in [0.05, 0.1) is 6.61 Å². The summed E-state index contributed by atoms with van der Waals surface area (Å²) in [5, 5.41) is 3.43. The van der Waals surface area contributed by atoms with Gasteiger partial charge in [0.1, 0.15) is 5.75 Å². The van der Waals surface area contributed by atoms with Crippen LogP contribution in [0.2, 0.25) is 0 Å². The number of fused-ring (bicyclic) bond motifs is 1. The summed E-state index contributed by atoms with van der Waals surface area (Å²) in [6.45, 7) is 6.97. The Balaban J connectivity index is 2.02. The van der Waals surface area contributed by atoms with Crippen LogP contribution >= 0.6 is 0 Å². The number of rotatable bonds is 8. The summed E-state index contributed by atoms with van der Waals surface area (Å²) in [6, 6.07) is 3.90. The maximum Gasteiger partial charge on any atom is 0.231 e. The normalized spacial score (nSPS) is 12.5. The number of benzene rings is 1. The van der Waals surface area contributed by atoms with Gasteiger partial charge in [-0.15, -0.1) is 12.3 Å². The Labute approximate surface area is 126 Å². The number of hydrogen-bond donors (Lipinski definition) is 1. The topological polar surface area (TPSA) is 39.7 Å². The molecule has 0 amide bonds. The van der Waals surface area contributed by atoms with E-state index in [1.165, 1.54) is 0 Å². The number of unbranched alkanes of at least 4 members (excludes halogenated alkanes) is 1. The lowest BCUT2D eigenvalue weighted by atomic mass is 10.1. The second kappa shape index (κ2) is 7.80. The third kappa shape index (κ3) is 4.57. The molecule has 1 aliphatic rings. The van der Waals surface area contributed by atoms with Crippen LogP contribution in [0.1, 0.15) is 32.3 Å². The molecular formula is C17H23NO3. The lowest BCUT2D eigenvalue weighted by Gasteiger charge is -2.14. The summed E-state index contributed by atoms with van der Waals surface area (Å²) >= 11 is 0. The molecule has 1 heterocycles. The van der Waals surface area contributed by atoms with Crippen molar-refractivity contribution in [1.82, 2.24) is 5.32 Å². The van der Waals surface area contributed by atoms with Crippen molar-refractivity contribution in [3.63, 3.8) is 0 Å². The monoisotopic (exact) mass is 289 g/mol. The largest absolute Gasteiger partial charge is 0.493 e. The zero-order chi connectivity index (χ0) is 15.1. The zero-order valence-electron chi connectivity index (χ0n) is 12.8. The molecule has 0 atom stereocenters. The Morgan fingerprint density at radius 2 is 2.10 bits per heavy atom. The highest BCUT2D eigenvalue weighted by molar-refractivity contribution is 5.51. The third-order valence-electron chi connectivity index (χ3n) is 3.15. The van der Waals surface area contributed by atoms with Crippen molar-refractivity contribution in [2.45, 2.75) is 33.2 Å². The summed E-state index contributed by atoms with van der Waals surface area (Å²) in [4.78, 5) is 0. The van der Waals surface area contributed by atoms with Crippen LogP contribution in [0.4, 0.5) is 0 Å². The predicted octanol–water partition coefficient (Wildman–Crippen LogP) is 2.95. The van der Waals surface area contributed by atoms with E-state index < -0.39 is 0 Å². The molecular weight excluding hydrogens is 266 g/mol. The fourth-order valence-corrected chi connectivity index (χ4v) is 2.09. The van der Waals surface area contributed by atoms with E-state index in [9.17, 15) is 0 Å². The van der Waals surface area contributed by atoms with E-state index in [4.69, 9.17) is 20.6 Å². The first-order chi connectivity index (χ1) is 10.2. The molecule has 0 bridgehead atoms. The molecule has 21 heavy (non-hydrogen) atoms. The van der Waals surface area contributed by atoms with Crippen molar-refractivity contribution in [3.8, 4) is 29.6 Å². The van der Waals surface area contributed by atoms with Gasteiger partial charge in [0, 0.05) is 24.6 Å². The molecule has 0 spiro atoms. The highest BCUT2D eigenvalue weighted by Gasteiger charge is 2.18. The molecule has 4 heteroatoms. The number of hydrogen-bond acceptors (Lipinski definition) is 4. The first kappa shape index (κ1) is 15.5. The number of nitrogens with one attached hydrogen (secondary N) is 1. The Morgan fingerprint density at radius 1 is 1.33 bits per heavy atom. The maximum absolute atomic E-state index is 5.85. The van der Waals surface area contributed by atoms with Crippen LogP contribution in [0.25, 0.3) is 0 Å². The lowest BCUT2D eigenvalue weighted by Crippen LogP contribution is -2.19. The zero-order valence-corrected chi connectivity index (χ0v) is 12.8. The number of terminal acetylenes is 1. The van der Waals surface area contributed by atoms with Crippen molar-refractivity contribution in [3.05, 3.63) is 17.7 Å². The molecule has 0 aromatic heterocycles. The summed E-state index contributed by atoms with van der Waals surface area (Å²) in [6.07, 6.45) is 6.83. The molecule has 0 radical (unpaired) electrons. The Bertz CT molecular complexity index is 505. The van der Waals surface area contributed by atoms with Crippen molar-refractivity contribution in [1.29, 1.82) is 0 Å². The first-order valence-corrected chi connectivity index (χ1v) is 7.40. The van der Waals surface area contributed by atoms with E-state index in [-0.39, 0.29) is 6.79 Å². The molecule has 0 unspecified atom stereocenters.